The van der Waals surface area contributed by atoms with Crippen molar-refractivity contribution >= 4 is 27.9 Å². The number of hydrogen-bond donors (Lipinski definition) is 2. The maximum atomic E-state index is 12.0. The van der Waals surface area contributed by atoms with Crippen molar-refractivity contribution in [2.75, 3.05) is 32.8 Å². The minimum atomic E-state index is -0.0522. The molecule has 0 atom stereocenters. The van der Waals surface area contributed by atoms with Crippen LogP contribution in [-0.2, 0) is 9.53 Å². The summed E-state index contributed by atoms with van der Waals surface area (Å²) < 4.78 is 6.43. The van der Waals surface area contributed by atoms with Crippen LogP contribution in [0.4, 0.5) is 0 Å². The first-order chi connectivity index (χ1) is 10.5. The largest absolute Gasteiger partial charge is 0.370 e. The molecule has 0 bridgehead atoms. The second kappa shape index (κ2) is 7.90. The van der Waals surface area contributed by atoms with Gasteiger partial charge in [0.15, 0.2) is 0 Å². The number of carbonyl (C=O) groups is 1. The van der Waals surface area contributed by atoms with Gasteiger partial charge in [0.05, 0.1) is 19.8 Å². The maximum Gasteiger partial charge on any atom is 0.244 e. The molecule has 0 aromatic heterocycles. The zero-order chi connectivity index (χ0) is 16.0. The minimum Gasteiger partial charge on any atom is -0.370 e. The summed E-state index contributed by atoms with van der Waals surface area (Å²) in [5, 5.41) is 3.01. The number of benzene rings is 1. The van der Waals surface area contributed by atoms with E-state index >= 15 is 0 Å². The summed E-state index contributed by atoms with van der Waals surface area (Å²) in [6, 6.07) is 7.86. The molecule has 1 saturated heterocycles. The summed E-state index contributed by atoms with van der Waals surface area (Å²) in [5.74, 6) is -0.0522. The molecule has 1 aliphatic heterocycles. The third-order valence-electron chi connectivity index (χ3n) is 4.06. The van der Waals surface area contributed by atoms with Crippen molar-refractivity contribution in [2.45, 2.75) is 19.4 Å². The number of amides is 1. The lowest BCUT2D eigenvalue weighted by Gasteiger charge is -2.37. The summed E-state index contributed by atoms with van der Waals surface area (Å²) >= 11 is 3.40. The van der Waals surface area contributed by atoms with E-state index < -0.39 is 0 Å². The van der Waals surface area contributed by atoms with Crippen LogP contribution in [0.15, 0.2) is 34.8 Å². The van der Waals surface area contributed by atoms with E-state index in [1.165, 1.54) is 4.90 Å². The molecule has 0 aliphatic carbocycles. The summed E-state index contributed by atoms with van der Waals surface area (Å²) in [4.78, 5) is 13.5. The summed E-state index contributed by atoms with van der Waals surface area (Å²) in [5.41, 5.74) is 1.03. The molecule has 0 radical (unpaired) electrons. The Morgan fingerprint density at radius 1 is 1.32 bits per heavy atom. The third-order valence-corrected chi connectivity index (χ3v) is 4.58. The van der Waals surface area contributed by atoms with Gasteiger partial charge < -0.3 is 15.0 Å². The Morgan fingerprint density at radius 2 is 1.95 bits per heavy atom. The van der Waals surface area contributed by atoms with E-state index in [-0.39, 0.29) is 11.4 Å². The number of ether oxygens (including phenoxy) is 1. The van der Waals surface area contributed by atoms with E-state index in [1.54, 1.807) is 6.08 Å². The molecule has 1 fully saturated rings. The fraction of sp³-hybridized carbons (Fsp3) is 0.471. The van der Waals surface area contributed by atoms with Crippen LogP contribution < -0.4 is 10.2 Å². The Labute approximate surface area is 140 Å². The topological polar surface area (TPSA) is 42.8 Å². The highest BCUT2D eigenvalue weighted by atomic mass is 79.9. The van der Waals surface area contributed by atoms with E-state index in [9.17, 15) is 4.79 Å². The van der Waals surface area contributed by atoms with Crippen molar-refractivity contribution in [3.63, 3.8) is 0 Å². The standard InChI is InChI=1S/C17H23BrN2O2/c1-17(2,20-9-11-22-12-10-20)13-19-16(21)8-5-14-3-6-15(18)7-4-14/h3-8H,9-13H2,1-2H3,(H,19,21)/p+1/b8-5+. The van der Waals surface area contributed by atoms with Crippen LogP contribution in [0, 0.1) is 0 Å². The van der Waals surface area contributed by atoms with Gasteiger partial charge >= 0.3 is 0 Å². The molecular formula is C17H24BrN2O2+. The van der Waals surface area contributed by atoms with E-state index in [0.717, 1.165) is 36.3 Å². The highest BCUT2D eigenvalue weighted by molar-refractivity contribution is 9.10. The molecule has 0 spiro atoms. The van der Waals surface area contributed by atoms with Crippen molar-refractivity contribution in [1.29, 1.82) is 0 Å². The Bertz CT molecular complexity index is 520. The maximum absolute atomic E-state index is 12.0. The number of carbonyl (C=O) groups excluding carboxylic acids is 1. The highest BCUT2D eigenvalue weighted by Gasteiger charge is 2.32. The lowest BCUT2D eigenvalue weighted by Crippen LogP contribution is -3.22. The molecule has 2 rings (SSSR count). The van der Waals surface area contributed by atoms with Gasteiger partial charge in [-0.1, -0.05) is 28.1 Å². The Balaban J connectivity index is 1.82. The third kappa shape index (κ3) is 5.23. The second-order valence-electron chi connectivity index (χ2n) is 6.20. The summed E-state index contributed by atoms with van der Waals surface area (Å²) in [6.07, 6.45) is 3.42. The predicted molar refractivity (Wildman–Crippen MR) is 91.8 cm³/mol. The quantitative estimate of drug-likeness (QED) is 0.769. The van der Waals surface area contributed by atoms with Crippen LogP contribution in [-0.4, -0.2) is 44.3 Å². The van der Waals surface area contributed by atoms with Crippen LogP contribution in [0.5, 0.6) is 0 Å². The van der Waals surface area contributed by atoms with Crippen LogP contribution in [0.2, 0.25) is 0 Å². The SMILES string of the molecule is CC(C)(CNC(=O)/C=C/c1ccc(Br)cc1)[NH+]1CCOCC1. The number of halogens is 1. The number of morpholine rings is 1. The van der Waals surface area contributed by atoms with Crippen molar-refractivity contribution < 1.29 is 14.4 Å². The summed E-state index contributed by atoms with van der Waals surface area (Å²) in [7, 11) is 0. The molecule has 0 saturated carbocycles. The van der Waals surface area contributed by atoms with Gasteiger partial charge in [-0.15, -0.1) is 0 Å². The zero-order valence-electron chi connectivity index (χ0n) is 13.2. The first-order valence-corrected chi connectivity index (χ1v) is 8.41. The van der Waals surface area contributed by atoms with Crippen molar-refractivity contribution in [1.82, 2.24) is 5.32 Å². The number of hydrogen-bond acceptors (Lipinski definition) is 2. The molecular weight excluding hydrogens is 344 g/mol. The normalized spacial score (nSPS) is 16.9. The smallest absolute Gasteiger partial charge is 0.244 e. The fourth-order valence-corrected chi connectivity index (χ4v) is 2.80. The van der Waals surface area contributed by atoms with Crippen LogP contribution in [0.3, 0.4) is 0 Å². The average molecular weight is 368 g/mol. The van der Waals surface area contributed by atoms with E-state index in [0.29, 0.717) is 6.54 Å². The van der Waals surface area contributed by atoms with Gasteiger partial charge in [-0.25, -0.2) is 0 Å². The van der Waals surface area contributed by atoms with E-state index in [2.05, 4.69) is 35.1 Å². The second-order valence-corrected chi connectivity index (χ2v) is 7.12. The van der Waals surface area contributed by atoms with Crippen LogP contribution >= 0.6 is 15.9 Å². The molecule has 1 heterocycles. The van der Waals surface area contributed by atoms with Gasteiger partial charge in [-0.3, -0.25) is 4.79 Å². The molecule has 120 valence electrons. The van der Waals surface area contributed by atoms with Crippen molar-refractivity contribution in [2.24, 2.45) is 0 Å². The molecule has 1 aromatic rings. The lowest BCUT2D eigenvalue weighted by molar-refractivity contribution is -0.954. The molecule has 4 nitrogen and oxygen atoms in total. The minimum absolute atomic E-state index is 0.0187. The number of quaternary nitrogens is 1. The van der Waals surface area contributed by atoms with Crippen LogP contribution in [0.1, 0.15) is 19.4 Å². The van der Waals surface area contributed by atoms with E-state index in [1.807, 2.05) is 30.3 Å². The van der Waals surface area contributed by atoms with Gasteiger partial charge in [0.1, 0.15) is 18.6 Å². The van der Waals surface area contributed by atoms with Gasteiger partial charge in [-0.05, 0) is 37.6 Å². The number of nitrogens with one attached hydrogen (secondary N) is 2. The fourth-order valence-electron chi connectivity index (χ4n) is 2.53. The molecule has 1 amide bonds. The molecule has 2 N–H and O–H groups in total. The monoisotopic (exact) mass is 367 g/mol. The van der Waals surface area contributed by atoms with Gasteiger partial charge in [0, 0.05) is 10.5 Å². The zero-order valence-corrected chi connectivity index (χ0v) is 14.8. The van der Waals surface area contributed by atoms with Crippen molar-refractivity contribution in [3.05, 3.63) is 40.4 Å². The summed E-state index contributed by atoms with van der Waals surface area (Å²) in [6.45, 7) is 8.63. The molecule has 5 heteroatoms. The first kappa shape index (κ1) is 17.2. The Hall–Kier alpha value is -1.17. The molecule has 22 heavy (non-hydrogen) atoms. The van der Waals surface area contributed by atoms with Gasteiger partial charge in [-0.2, -0.15) is 0 Å². The lowest BCUT2D eigenvalue weighted by atomic mass is 10.0. The van der Waals surface area contributed by atoms with Crippen molar-refractivity contribution in [3.8, 4) is 0 Å². The molecule has 1 aliphatic rings. The predicted octanol–water partition coefficient (Wildman–Crippen LogP) is 1.27. The highest BCUT2D eigenvalue weighted by Crippen LogP contribution is 2.11. The van der Waals surface area contributed by atoms with Gasteiger partial charge in [0.2, 0.25) is 5.91 Å². The first-order valence-electron chi connectivity index (χ1n) is 7.62. The molecule has 0 unspecified atom stereocenters. The van der Waals surface area contributed by atoms with Gasteiger partial charge in [0.25, 0.3) is 0 Å². The Kier molecular flexibility index (Phi) is 6.17. The van der Waals surface area contributed by atoms with E-state index in [4.69, 9.17) is 4.74 Å². The average Bonchev–Trinajstić information content (AvgIpc) is 2.53. The Morgan fingerprint density at radius 3 is 2.59 bits per heavy atom. The van der Waals surface area contributed by atoms with Crippen LogP contribution in [0.25, 0.3) is 6.08 Å². The molecule has 1 aromatic carbocycles. The number of rotatable bonds is 5.